The Morgan fingerprint density at radius 3 is 2.60 bits per heavy atom. The Labute approximate surface area is 96.4 Å². The standard InChI is InChI=1S/C8H9ClO4S2/c9-7-2-1-6(14-7)5-15(12,13)4-3-8(10)11/h1-2H,3-5H2,(H,10,11). The van der Waals surface area contributed by atoms with Gasteiger partial charge in [0, 0.05) is 4.88 Å². The number of hydrogen-bond donors (Lipinski definition) is 1. The van der Waals surface area contributed by atoms with Gasteiger partial charge in [-0.3, -0.25) is 4.79 Å². The molecule has 1 rings (SSSR count). The Morgan fingerprint density at radius 2 is 2.13 bits per heavy atom. The quantitative estimate of drug-likeness (QED) is 0.884. The van der Waals surface area contributed by atoms with Gasteiger partial charge >= 0.3 is 5.97 Å². The first-order valence-electron chi connectivity index (χ1n) is 4.05. The fourth-order valence-corrected chi connectivity index (χ4v) is 3.78. The number of hydrogen-bond acceptors (Lipinski definition) is 4. The van der Waals surface area contributed by atoms with Gasteiger partial charge < -0.3 is 5.11 Å². The van der Waals surface area contributed by atoms with Crippen LogP contribution in [0.5, 0.6) is 0 Å². The van der Waals surface area contributed by atoms with E-state index in [0.717, 1.165) is 0 Å². The molecule has 0 atom stereocenters. The molecule has 0 bridgehead atoms. The highest BCUT2D eigenvalue weighted by atomic mass is 35.5. The number of carbonyl (C=O) groups is 1. The second-order valence-electron chi connectivity index (χ2n) is 2.94. The molecule has 0 aliphatic rings. The molecule has 0 spiro atoms. The predicted octanol–water partition coefficient (Wildman–Crippen LogP) is 1.79. The van der Waals surface area contributed by atoms with Crippen LogP contribution in [0.1, 0.15) is 11.3 Å². The van der Waals surface area contributed by atoms with Crippen LogP contribution < -0.4 is 0 Å². The smallest absolute Gasteiger partial charge is 0.304 e. The van der Waals surface area contributed by atoms with E-state index in [4.69, 9.17) is 16.7 Å². The lowest BCUT2D eigenvalue weighted by Crippen LogP contribution is -2.12. The minimum absolute atomic E-state index is 0.141. The minimum Gasteiger partial charge on any atom is -0.481 e. The summed E-state index contributed by atoms with van der Waals surface area (Å²) in [4.78, 5) is 10.8. The number of sulfone groups is 1. The predicted molar refractivity (Wildman–Crippen MR) is 59.1 cm³/mol. The first-order chi connectivity index (χ1) is 6.89. The van der Waals surface area contributed by atoms with Crippen molar-refractivity contribution in [3.63, 3.8) is 0 Å². The van der Waals surface area contributed by atoms with Crippen molar-refractivity contribution in [3.8, 4) is 0 Å². The maximum atomic E-state index is 11.4. The van der Waals surface area contributed by atoms with Crippen molar-refractivity contribution in [2.24, 2.45) is 0 Å². The van der Waals surface area contributed by atoms with Gasteiger partial charge in [-0.25, -0.2) is 8.42 Å². The summed E-state index contributed by atoms with van der Waals surface area (Å²) in [6.07, 6.45) is -0.360. The van der Waals surface area contributed by atoms with Crippen molar-refractivity contribution in [1.82, 2.24) is 0 Å². The van der Waals surface area contributed by atoms with Gasteiger partial charge in [0.05, 0.1) is 22.3 Å². The number of halogens is 1. The highest BCUT2D eigenvalue weighted by Gasteiger charge is 2.15. The molecule has 15 heavy (non-hydrogen) atoms. The molecule has 0 fully saturated rings. The van der Waals surface area contributed by atoms with E-state index >= 15 is 0 Å². The third-order valence-electron chi connectivity index (χ3n) is 1.62. The van der Waals surface area contributed by atoms with Crippen LogP contribution in [0.25, 0.3) is 0 Å². The molecule has 0 aromatic carbocycles. The SMILES string of the molecule is O=C(O)CCS(=O)(=O)Cc1ccc(Cl)s1. The van der Waals surface area contributed by atoms with Crippen molar-refractivity contribution in [2.45, 2.75) is 12.2 Å². The van der Waals surface area contributed by atoms with E-state index in [2.05, 4.69) is 0 Å². The monoisotopic (exact) mass is 268 g/mol. The maximum Gasteiger partial charge on any atom is 0.304 e. The summed E-state index contributed by atoms with van der Waals surface area (Å²) in [6.45, 7) is 0. The number of carboxylic acid groups (broad SMARTS) is 1. The Bertz CT molecular complexity index is 449. The second-order valence-corrected chi connectivity index (χ2v) is 6.93. The molecule has 1 N–H and O–H groups in total. The van der Waals surface area contributed by atoms with Crippen molar-refractivity contribution < 1.29 is 18.3 Å². The molecule has 84 valence electrons. The van der Waals surface area contributed by atoms with E-state index in [-0.39, 0.29) is 17.9 Å². The van der Waals surface area contributed by atoms with Crippen LogP contribution in [0.4, 0.5) is 0 Å². The summed E-state index contributed by atoms with van der Waals surface area (Å²) in [5.41, 5.74) is 0. The Hall–Kier alpha value is -0.590. The summed E-state index contributed by atoms with van der Waals surface area (Å²) in [5.74, 6) is -1.59. The lowest BCUT2D eigenvalue weighted by Gasteiger charge is -1.99. The van der Waals surface area contributed by atoms with Gasteiger partial charge in [0.2, 0.25) is 0 Å². The molecular weight excluding hydrogens is 260 g/mol. The fourth-order valence-electron chi connectivity index (χ4n) is 0.961. The molecule has 0 aliphatic carbocycles. The molecule has 1 heterocycles. The molecule has 4 nitrogen and oxygen atoms in total. The van der Waals surface area contributed by atoms with Crippen molar-refractivity contribution >= 4 is 38.7 Å². The molecule has 0 amide bonds. The molecular formula is C8H9ClO4S2. The van der Waals surface area contributed by atoms with Crippen LogP contribution in [-0.4, -0.2) is 25.2 Å². The van der Waals surface area contributed by atoms with Crippen molar-refractivity contribution in [1.29, 1.82) is 0 Å². The van der Waals surface area contributed by atoms with Gasteiger partial charge in [-0.1, -0.05) is 11.6 Å². The zero-order valence-corrected chi connectivity index (χ0v) is 10.0. The van der Waals surface area contributed by atoms with Crippen molar-refractivity contribution in [2.75, 3.05) is 5.75 Å². The average Bonchev–Trinajstić information content (AvgIpc) is 2.47. The van der Waals surface area contributed by atoms with E-state index in [1.54, 1.807) is 12.1 Å². The number of thiophene rings is 1. The fraction of sp³-hybridized carbons (Fsp3) is 0.375. The van der Waals surface area contributed by atoms with Crippen LogP contribution in [0, 0.1) is 0 Å². The summed E-state index contributed by atoms with van der Waals surface area (Å²) in [6, 6.07) is 3.25. The summed E-state index contributed by atoms with van der Waals surface area (Å²) >= 11 is 6.83. The largest absolute Gasteiger partial charge is 0.481 e. The highest BCUT2D eigenvalue weighted by molar-refractivity contribution is 7.90. The van der Waals surface area contributed by atoms with E-state index < -0.39 is 15.8 Å². The molecule has 0 saturated carbocycles. The number of carboxylic acids is 1. The highest BCUT2D eigenvalue weighted by Crippen LogP contribution is 2.23. The van der Waals surface area contributed by atoms with Crippen molar-refractivity contribution in [3.05, 3.63) is 21.3 Å². The van der Waals surface area contributed by atoms with E-state index in [1.807, 2.05) is 0 Å². The zero-order valence-electron chi connectivity index (χ0n) is 7.64. The topological polar surface area (TPSA) is 71.4 Å². The maximum absolute atomic E-state index is 11.4. The zero-order chi connectivity index (χ0) is 11.5. The molecule has 0 saturated heterocycles. The van der Waals surface area contributed by atoms with Gasteiger partial charge in [-0.2, -0.15) is 0 Å². The van der Waals surface area contributed by atoms with Gasteiger partial charge in [-0.15, -0.1) is 11.3 Å². The van der Waals surface area contributed by atoms with Gasteiger partial charge in [0.1, 0.15) is 0 Å². The Kier molecular flexibility index (Phi) is 4.12. The Morgan fingerprint density at radius 1 is 1.47 bits per heavy atom. The summed E-state index contributed by atoms with van der Waals surface area (Å²) < 4.78 is 23.4. The van der Waals surface area contributed by atoms with Crippen LogP contribution in [0.3, 0.4) is 0 Å². The Balaban J connectivity index is 2.60. The number of aliphatic carboxylic acids is 1. The summed E-state index contributed by atoms with van der Waals surface area (Å²) in [7, 11) is -3.35. The van der Waals surface area contributed by atoms with Crippen LogP contribution in [-0.2, 0) is 20.4 Å². The first kappa shape index (κ1) is 12.5. The van der Waals surface area contributed by atoms with Crippen LogP contribution in [0.15, 0.2) is 12.1 Å². The molecule has 0 aliphatic heterocycles. The lowest BCUT2D eigenvalue weighted by molar-refractivity contribution is -0.136. The van der Waals surface area contributed by atoms with Crippen LogP contribution in [0.2, 0.25) is 4.34 Å². The van der Waals surface area contributed by atoms with Gasteiger partial charge in [0.15, 0.2) is 9.84 Å². The second kappa shape index (κ2) is 4.96. The van der Waals surface area contributed by atoms with Crippen LogP contribution >= 0.6 is 22.9 Å². The number of rotatable bonds is 5. The van der Waals surface area contributed by atoms with E-state index in [0.29, 0.717) is 9.21 Å². The average molecular weight is 269 g/mol. The molecule has 1 aromatic heterocycles. The molecule has 0 unspecified atom stereocenters. The van der Waals surface area contributed by atoms with Gasteiger partial charge in [-0.05, 0) is 12.1 Å². The molecule has 1 aromatic rings. The van der Waals surface area contributed by atoms with E-state index in [1.165, 1.54) is 11.3 Å². The van der Waals surface area contributed by atoms with Gasteiger partial charge in [0.25, 0.3) is 0 Å². The lowest BCUT2D eigenvalue weighted by atomic mass is 10.5. The third kappa shape index (κ3) is 4.63. The first-order valence-corrected chi connectivity index (χ1v) is 7.07. The summed E-state index contributed by atoms with van der Waals surface area (Å²) in [5, 5.41) is 8.36. The van der Waals surface area contributed by atoms with E-state index in [9.17, 15) is 13.2 Å². The molecule has 0 radical (unpaired) electrons. The molecule has 7 heteroatoms. The normalized spacial score (nSPS) is 11.5. The minimum atomic E-state index is -3.35. The third-order valence-corrected chi connectivity index (χ3v) is 4.61.